The van der Waals surface area contributed by atoms with E-state index in [0.717, 1.165) is 17.6 Å². The Morgan fingerprint density at radius 3 is 2.29 bits per heavy atom. The van der Waals surface area contributed by atoms with Crippen molar-refractivity contribution in [1.29, 1.82) is 0 Å². The van der Waals surface area contributed by atoms with E-state index >= 15 is 0 Å². The van der Waals surface area contributed by atoms with Crippen LogP contribution in [0.15, 0.2) is 29.2 Å². The molecule has 12 heteroatoms. The zero-order valence-electron chi connectivity index (χ0n) is 17.2. The largest absolute Gasteiger partial charge is 0.480 e. The number of aromatic nitrogens is 2. The fourth-order valence-electron chi connectivity index (χ4n) is 2.80. The van der Waals surface area contributed by atoms with Crippen molar-refractivity contribution in [2.45, 2.75) is 18.4 Å². The van der Waals surface area contributed by atoms with Crippen molar-refractivity contribution in [3.8, 4) is 5.88 Å². The summed E-state index contributed by atoms with van der Waals surface area (Å²) in [6.45, 7) is 1.93. The maximum atomic E-state index is 12.7. The minimum absolute atomic E-state index is 0.0943. The van der Waals surface area contributed by atoms with Crippen LogP contribution in [0.4, 0.5) is 0 Å². The summed E-state index contributed by atoms with van der Waals surface area (Å²) in [5.41, 5.74) is 5.49. The third-order valence-corrected chi connectivity index (χ3v) is 6.62. The lowest BCUT2D eigenvalue weighted by Gasteiger charge is -2.07. The number of nitrogens with zero attached hydrogens (tertiary/aromatic N) is 2. The maximum absolute atomic E-state index is 12.7. The molecule has 0 fully saturated rings. The average molecular weight is 465 g/mol. The highest BCUT2D eigenvalue weighted by Gasteiger charge is 2.21. The number of rotatable bonds is 6. The molecular weight excluding hydrogens is 444 g/mol. The van der Waals surface area contributed by atoms with Crippen LogP contribution in [0.25, 0.3) is 10.2 Å². The SMILES string of the molecule is COCc1nc(OC)c2c(C)c(C(=O)NNC(=O)c3ccc(S(C)(=O)=O)cc3)sc2n1. The molecule has 2 N–H and O–H groups in total. The molecule has 3 rings (SSSR count). The molecule has 0 saturated heterocycles. The van der Waals surface area contributed by atoms with Gasteiger partial charge in [0.05, 0.1) is 22.3 Å². The van der Waals surface area contributed by atoms with Crippen LogP contribution < -0.4 is 15.6 Å². The lowest BCUT2D eigenvalue weighted by Crippen LogP contribution is -2.41. The van der Waals surface area contributed by atoms with Gasteiger partial charge in [-0.15, -0.1) is 11.3 Å². The van der Waals surface area contributed by atoms with Gasteiger partial charge in [-0.3, -0.25) is 20.4 Å². The first-order valence-electron chi connectivity index (χ1n) is 8.89. The molecule has 0 aliphatic carbocycles. The predicted molar refractivity (Wildman–Crippen MR) is 114 cm³/mol. The molecule has 0 aliphatic heterocycles. The van der Waals surface area contributed by atoms with Crippen LogP contribution in [0.5, 0.6) is 5.88 Å². The Hall–Kier alpha value is -3.09. The minimum Gasteiger partial charge on any atom is -0.480 e. The summed E-state index contributed by atoms with van der Waals surface area (Å²) in [7, 11) is -0.366. The van der Waals surface area contributed by atoms with Gasteiger partial charge in [-0.1, -0.05) is 0 Å². The van der Waals surface area contributed by atoms with E-state index in [9.17, 15) is 18.0 Å². The Kier molecular flexibility index (Phi) is 6.53. The second kappa shape index (κ2) is 8.96. The molecule has 2 heterocycles. The van der Waals surface area contributed by atoms with E-state index in [0.29, 0.717) is 32.4 Å². The fourth-order valence-corrected chi connectivity index (χ4v) is 4.51. The minimum atomic E-state index is -3.37. The standard InChI is InChI=1S/C19H20N4O6S2/c1-10-14-18(29-3)20-13(9-28-2)21-19(14)30-15(10)17(25)23-22-16(24)11-5-7-12(8-6-11)31(4,26)27/h5-8H,9H2,1-4H3,(H,22,24)(H,23,25). The van der Waals surface area contributed by atoms with Crippen LogP contribution in [0.2, 0.25) is 0 Å². The summed E-state index contributed by atoms with van der Waals surface area (Å²) < 4.78 is 33.4. The number of aryl methyl sites for hydroxylation is 1. The van der Waals surface area contributed by atoms with Gasteiger partial charge in [0.25, 0.3) is 11.8 Å². The molecule has 0 bridgehead atoms. The van der Waals surface area contributed by atoms with Crippen molar-refractivity contribution in [3.63, 3.8) is 0 Å². The molecule has 0 aliphatic rings. The lowest BCUT2D eigenvalue weighted by molar-refractivity contribution is 0.0848. The second-order valence-electron chi connectivity index (χ2n) is 6.52. The number of benzene rings is 1. The van der Waals surface area contributed by atoms with Crippen molar-refractivity contribution in [1.82, 2.24) is 20.8 Å². The molecule has 0 atom stereocenters. The average Bonchev–Trinajstić information content (AvgIpc) is 3.07. The van der Waals surface area contributed by atoms with Crippen molar-refractivity contribution in [2.24, 2.45) is 0 Å². The van der Waals surface area contributed by atoms with Gasteiger partial charge in [-0.25, -0.2) is 13.4 Å². The first kappa shape index (κ1) is 22.6. The van der Waals surface area contributed by atoms with Crippen molar-refractivity contribution >= 4 is 43.2 Å². The van der Waals surface area contributed by atoms with E-state index in [4.69, 9.17) is 9.47 Å². The van der Waals surface area contributed by atoms with Gasteiger partial charge in [-0.05, 0) is 36.8 Å². The third-order valence-electron chi connectivity index (χ3n) is 4.31. The monoisotopic (exact) mass is 464 g/mol. The molecule has 0 radical (unpaired) electrons. The molecule has 10 nitrogen and oxygen atoms in total. The summed E-state index contributed by atoms with van der Waals surface area (Å²) >= 11 is 1.14. The number of sulfone groups is 1. The van der Waals surface area contributed by atoms with Crippen LogP contribution >= 0.6 is 11.3 Å². The van der Waals surface area contributed by atoms with E-state index in [1.165, 1.54) is 38.5 Å². The zero-order valence-corrected chi connectivity index (χ0v) is 18.8. The van der Waals surface area contributed by atoms with Crippen LogP contribution in [0.1, 0.15) is 31.4 Å². The molecular formula is C19H20N4O6S2. The molecule has 2 aromatic heterocycles. The normalized spacial score (nSPS) is 11.4. The summed E-state index contributed by atoms with van der Waals surface area (Å²) in [4.78, 5) is 34.6. The first-order valence-corrected chi connectivity index (χ1v) is 11.6. The van der Waals surface area contributed by atoms with Gasteiger partial charge in [0.2, 0.25) is 5.88 Å². The molecule has 3 aromatic rings. The molecule has 2 amide bonds. The maximum Gasteiger partial charge on any atom is 0.280 e. The van der Waals surface area contributed by atoms with Gasteiger partial charge in [0.15, 0.2) is 15.7 Å². The number of hydrogen-bond acceptors (Lipinski definition) is 9. The molecule has 164 valence electrons. The van der Waals surface area contributed by atoms with E-state index in [1.54, 1.807) is 6.92 Å². The van der Waals surface area contributed by atoms with Crippen molar-refractivity contribution in [2.75, 3.05) is 20.5 Å². The van der Waals surface area contributed by atoms with Crippen LogP contribution in [0.3, 0.4) is 0 Å². The highest BCUT2D eigenvalue weighted by atomic mass is 32.2. The number of carbonyl (C=O) groups excluding carboxylic acids is 2. The summed E-state index contributed by atoms with van der Waals surface area (Å²) in [6, 6.07) is 5.37. The van der Waals surface area contributed by atoms with E-state index in [-0.39, 0.29) is 17.1 Å². The van der Waals surface area contributed by atoms with Crippen molar-refractivity contribution in [3.05, 3.63) is 46.1 Å². The molecule has 31 heavy (non-hydrogen) atoms. The van der Waals surface area contributed by atoms with Gasteiger partial charge in [0.1, 0.15) is 11.4 Å². The molecule has 1 aromatic carbocycles. The number of hydrogen-bond donors (Lipinski definition) is 2. The van der Waals surface area contributed by atoms with E-state index in [2.05, 4.69) is 20.8 Å². The zero-order chi connectivity index (χ0) is 22.8. The first-order chi connectivity index (χ1) is 14.7. The van der Waals surface area contributed by atoms with E-state index in [1.807, 2.05) is 0 Å². The second-order valence-corrected chi connectivity index (χ2v) is 9.54. The third kappa shape index (κ3) is 4.81. The van der Waals surface area contributed by atoms with E-state index < -0.39 is 21.7 Å². The molecule has 0 saturated carbocycles. The fraction of sp³-hybridized carbons (Fsp3) is 0.263. The highest BCUT2D eigenvalue weighted by Crippen LogP contribution is 2.34. The number of ether oxygens (including phenoxy) is 2. The molecule has 0 spiro atoms. The summed E-state index contributed by atoms with van der Waals surface area (Å²) in [5.74, 6) is -0.366. The number of thiophene rings is 1. The van der Waals surface area contributed by atoms with Crippen LogP contribution in [-0.2, 0) is 21.2 Å². The van der Waals surface area contributed by atoms with Gasteiger partial charge >= 0.3 is 0 Å². The number of nitrogens with one attached hydrogen (secondary N) is 2. The van der Waals surface area contributed by atoms with Gasteiger partial charge in [-0.2, -0.15) is 4.98 Å². The molecule has 0 unspecified atom stereocenters. The Bertz CT molecular complexity index is 1250. The quantitative estimate of drug-likeness (QED) is 0.525. The van der Waals surface area contributed by atoms with Gasteiger partial charge in [0, 0.05) is 18.9 Å². The topological polar surface area (TPSA) is 137 Å². The Balaban J connectivity index is 1.78. The summed E-state index contributed by atoms with van der Waals surface area (Å²) in [5, 5.41) is 0.611. The number of methoxy groups -OCH3 is 2. The number of carbonyl (C=O) groups is 2. The number of amides is 2. The Morgan fingerprint density at radius 1 is 1.06 bits per heavy atom. The van der Waals surface area contributed by atoms with Crippen LogP contribution in [-0.4, -0.2) is 50.7 Å². The van der Waals surface area contributed by atoms with Crippen molar-refractivity contribution < 1.29 is 27.5 Å². The lowest BCUT2D eigenvalue weighted by atomic mass is 10.2. The van der Waals surface area contributed by atoms with Gasteiger partial charge < -0.3 is 9.47 Å². The number of hydrazine groups is 1. The Morgan fingerprint density at radius 2 is 1.71 bits per heavy atom. The summed E-state index contributed by atoms with van der Waals surface area (Å²) in [6.07, 6.45) is 1.08. The highest BCUT2D eigenvalue weighted by molar-refractivity contribution is 7.90. The number of fused-ring (bicyclic) bond motifs is 1. The van der Waals surface area contributed by atoms with Crippen LogP contribution in [0, 0.1) is 6.92 Å². The predicted octanol–water partition coefficient (Wildman–Crippen LogP) is 1.63. The Labute approximate surface area is 182 Å². The smallest absolute Gasteiger partial charge is 0.280 e.